The molecule has 1 aromatic carbocycles. The molecule has 0 spiro atoms. The van der Waals surface area contributed by atoms with Crippen LogP contribution in [0, 0.1) is 0 Å². The van der Waals surface area contributed by atoms with Crippen LogP contribution < -0.4 is 0 Å². The van der Waals surface area contributed by atoms with Crippen molar-refractivity contribution in [2.45, 2.75) is 13.0 Å². The lowest BCUT2D eigenvalue weighted by molar-refractivity contribution is -0.126. The highest BCUT2D eigenvalue weighted by molar-refractivity contribution is 7.10. The van der Waals surface area contributed by atoms with Crippen molar-refractivity contribution in [2.24, 2.45) is 0 Å². The second-order valence-corrected chi connectivity index (χ2v) is 5.97. The highest BCUT2D eigenvalue weighted by Gasteiger charge is 2.16. The zero-order valence-corrected chi connectivity index (χ0v) is 13.2. The van der Waals surface area contributed by atoms with Crippen molar-refractivity contribution in [3.63, 3.8) is 0 Å². The van der Waals surface area contributed by atoms with Crippen LogP contribution in [0.5, 0.6) is 0 Å². The Morgan fingerprint density at radius 2 is 2.14 bits per heavy atom. The predicted octanol–water partition coefficient (Wildman–Crippen LogP) is 4.12. The molecule has 0 N–H and O–H groups in total. The van der Waals surface area contributed by atoms with Crippen LogP contribution in [0.1, 0.15) is 23.7 Å². The largest absolute Gasteiger partial charge is 0.437 e. The van der Waals surface area contributed by atoms with E-state index in [1.54, 1.807) is 29.4 Å². The predicted molar refractivity (Wildman–Crippen MR) is 88.5 cm³/mol. The Labute approximate surface area is 132 Å². The van der Waals surface area contributed by atoms with Crippen molar-refractivity contribution >= 4 is 34.4 Å². The van der Waals surface area contributed by atoms with E-state index in [4.69, 9.17) is 4.42 Å². The molecule has 0 aliphatic rings. The molecule has 22 heavy (non-hydrogen) atoms. The average Bonchev–Trinajstić information content (AvgIpc) is 3.19. The first-order valence-corrected chi connectivity index (χ1v) is 7.87. The Bertz CT molecular complexity index is 772. The molecular weight excluding hydrogens is 296 g/mol. The van der Waals surface area contributed by atoms with E-state index in [0.29, 0.717) is 5.89 Å². The van der Waals surface area contributed by atoms with Gasteiger partial charge in [-0.3, -0.25) is 4.79 Å². The lowest BCUT2D eigenvalue weighted by Gasteiger charge is -2.22. The van der Waals surface area contributed by atoms with E-state index in [9.17, 15) is 4.79 Å². The highest BCUT2D eigenvalue weighted by Crippen LogP contribution is 2.23. The number of hydrogen-bond acceptors (Lipinski definition) is 4. The summed E-state index contributed by atoms with van der Waals surface area (Å²) in [7, 11) is 1.79. The minimum absolute atomic E-state index is 0.0424. The Morgan fingerprint density at radius 1 is 1.32 bits per heavy atom. The summed E-state index contributed by atoms with van der Waals surface area (Å²) in [6, 6.07) is 11.6. The molecule has 5 heteroatoms. The second-order valence-electron chi connectivity index (χ2n) is 4.99. The fraction of sp³-hybridized carbons (Fsp3) is 0.176. The molecule has 1 amide bonds. The number of amides is 1. The van der Waals surface area contributed by atoms with Gasteiger partial charge in [-0.1, -0.05) is 18.2 Å². The molecule has 1 atom stereocenters. The number of aromatic nitrogens is 1. The number of rotatable bonds is 4. The summed E-state index contributed by atoms with van der Waals surface area (Å²) in [4.78, 5) is 19.4. The van der Waals surface area contributed by atoms with E-state index in [0.717, 1.165) is 16.0 Å². The van der Waals surface area contributed by atoms with Crippen molar-refractivity contribution < 1.29 is 9.21 Å². The Kier molecular flexibility index (Phi) is 4.06. The van der Waals surface area contributed by atoms with E-state index >= 15 is 0 Å². The molecule has 2 heterocycles. The summed E-state index contributed by atoms with van der Waals surface area (Å²) in [6.07, 6.45) is 3.11. The Balaban J connectivity index is 1.72. The first-order chi connectivity index (χ1) is 10.6. The number of likely N-dealkylation sites (N-methyl/N-ethyl adjacent to an activating group) is 1. The molecule has 112 valence electrons. The van der Waals surface area contributed by atoms with Gasteiger partial charge in [0.05, 0.1) is 6.04 Å². The lowest BCUT2D eigenvalue weighted by atomic mass is 10.2. The van der Waals surface area contributed by atoms with E-state index in [1.165, 1.54) is 6.08 Å². The molecule has 0 radical (unpaired) electrons. The van der Waals surface area contributed by atoms with Gasteiger partial charge in [-0.15, -0.1) is 11.3 Å². The molecule has 0 saturated carbocycles. The summed E-state index contributed by atoms with van der Waals surface area (Å²) < 4.78 is 5.56. The minimum Gasteiger partial charge on any atom is -0.437 e. The average molecular weight is 312 g/mol. The van der Waals surface area contributed by atoms with Gasteiger partial charge in [-0.2, -0.15) is 0 Å². The van der Waals surface area contributed by atoms with Crippen LogP contribution in [0.2, 0.25) is 0 Å². The third-order valence-corrected chi connectivity index (χ3v) is 4.61. The van der Waals surface area contributed by atoms with Crippen LogP contribution in [0.15, 0.2) is 52.3 Å². The molecular formula is C17H16N2O2S. The summed E-state index contributed by atoms with van der Waals surface area (Å²) >= 11 is 1.65. The fourth-order valence-electron chi connectivity index (χ4n) is 2.13. The maximum absolute atomic E-state index is 12.2. The SMILES string of the molecule is CC(c1cccs1)N(C)C(=O)/C=C/c1nc2ccccc2o1. The standard InChI is InChI=1S/C17H16N2O2S/c1-12(15-8-5-11-22-15)19(2)17(20)10-9-16-18-13-6-3-4-7-14(13)21-16/h3-12H,1-2H3/b10-9+. The maximum Gasteiger partial charge on any atom is 0.247 e. The Hall–Kier alpha value is -2.40. The summed E-state index contributed by atoms with van der Waals surface area (Å²) in [5.74, 6) is 0.356. The smallest absolute Gasteiger partial charge is 0.247 e. The third kappa shape index (κ3) is 2.94. The van der Waals surface area contributed by atoms with Crippen molar-refractivity contribution in [2.75, 3.05) is 7.05 Å². The number of para-hydroxylation sites is 2. The monoisotopic (exact) mass is 312 g/mol. The van der Waals surface area contributed by atoms with Gasteiger partial charge in [-0.05, 0) is 30.5 Å². The molecule has 1 unspecified atom stereocenters. The number of hydrogen-bond donors (Lipinski definition) is 0. The number of fused-ring (bicyclic) bond motifs is 1. The third-order valence-electron chi connectivity index (χ3n) is 3.56. The zero-order valence-electron chi connectivity index (χ0n) is 12.4. The topological polar surface area (TPSA) is 46.3 Å². The van der Waals surface area contributed by atoms with Gasteiger partial charge in [0.25, 0.3) is 0 Å². The quantitative estimate of drug-likeness (QED) is 0.681. The number of nitrogens with zero attached hydrogens (tertiary/aromatic N) is 2. The molecule has 0 aliphatic heterocycles. The molecule has 0 bridgehead atoms. The molecule has 0 saturated heterocycles. The van der Waals surface area contributed by atoms with E-state index < -0.39 is 0 Å². The van der Waals surface area contributed by atoms with Gasteiger partial charge in [-0.25, -0.2) is 4.98 Å². The van der Waals surface area contributed by atoms with Crippen LogP contribution in [-0.2, 0) is 4.79 Å². The van der Waals surface area contributed by atoms with Crippen molar-refractivity contribution in [1.82, 2.24) is 9.88 Å². The first-order valence-electron chi connectivity index (χ1n) is 6.99. The minimum atomic E-state index is -0.0804. The molecule has 3 rings (SSSR count). The summed E-state index contributed by atoms with van der Waals surface area (Å²) in [6.45, 7) is 2.01. The van der Waals surface area contributed by atoms with Crippen LogP contribution in [0.25, 0.3) is 17.2 Å². The van der Waals surface area contributed by atoms with E-state index in [1.807, 2.05) is 48.7 Å². The lowest BCUT2D eigenvalue weighted by Crippen LogP contribution is -2.27. The Morgan fingerprint density at radius 3 is 2.86 bits per heavy atom. The van der Waals surface area contributed by atoms with Gasteiger partial charge in [0, 0.05) is 24.1 Å². The molecule has 0 aliphatic carbocycles. The number of benzene rings is 1. The van der Waals surface area contributed by atoms with Crippen LogP contribution >= 0.6 is 11.3 Å². The van der Waals surface area contributed by atoms with Gasteiger partial charge >= 0.3 is 0 Å². The van der Waals surface area contributed by atoms with Gasteiger partial charge in [0.15, 0.2) is 5.58 Å². The molecule has 0 fully saturated rings. The highest BCUT2D eigenvalue weighted by atomic mass is 32.1. The number of thiophene rings is 1. The first kappa shape index (κ1) is 14.5. The van der Waals surface area contributed by atoms with E-state index in [-0.39, 0.29) is 11.9 Å². The van der Waals surface area contributed by atoms with Crippen LogP contribution in [0.3, 0.4) is 0 Å². The van der Waals surface area contributed by atoms with Gasteiger partial charge in [0.2, 0.25) is 11.8 Å². The maximum atomic E-state index is 12.2. The number of carbonyl (C=O) groups excluding carboxylic acids is 1. The van der Waals surface area contributed by atoms with Crippen LogP contribution in [0.4, 0.5) is 0 Å². The normalized spacial score (nSPS) is 12.8. The fourth-order valence-corrected chi connectivity index (χ4v) is 2.96. The van der Waals surface area contributed by atoms with Gasteiger partial charge in [0.1, 0.15) is 5.52 Å². The summed E-state index contributed by atoms with van der Waals surface area (Å²) in [5.41, 5.74) is 1.50. The van der Waals surface area contributed by atoms with Crippen molar-refractivity contribution in [3.05, 3.63) is 58.6 Å². The van der Waals surface area contributed by atoms with Gasteiger partial charge < -0.3 is 9.32 Å². The number of oxazole rings is 1. The number of carbonyl (C=O) groups is 1. The van der Waals surface area contributed by atoms with Crippen LogP contribution in [-0.4, -0.2) is 22.8 Å². The molecule has 3 aromatic rings. The van der Waals surface area contributed by atoms with E-state index in [2.05, 4.69) is 4.98 Å². The molecule has 2 aromatic heterocycles. The van der Waals surface area contributed by atoms with Crippen molar-refractivity contribution in [3.8, 4) is 0 Å². The molecule has 4 nitrogen and oxygen atoms in total. The zero-order chi connectivity index (χ0) is 15.5. The summed E-state index contributed by atoms with van der Waals surface area (Å²) in [5, 5.41) is 2.01. The second kappa shape index (κ2) is 6.15. The van der Waals surface area contributed by atoms with Crippen molar-refractivity contribution in [1.29, 1.82) is 0 Å².